The molecule has 1 atom stereocenters. The molecule has 0 aromatic heterocycles. The lowest BCUT2D eigenvalue weighted by molar-refractivity contribution is -0.122. The standard InChI is InChI=1S/C19H38N2O2/c1-6-18(22)17(21-16(4)5)12-9-10-14-20-19(23)13-8-7-11-15(2)3/h15-17,21H,6-14H2,1-5H3,(H,20,23). The van der Waals surface area contributed by atoms with Crippen LogP contribution in [-0.2, 0) is 9.59 Å². The molecule has 23 heavy (non-hydrogen) atoms. The van der Waals surface area contributed by atoms with Crippen LogP contribution in [0.5, 0.6) is 0 Å². The van der Waals surface area contributed by atoms with Crippen molar-refractivity contribution in [1.29, 1.82) is 0 Å². The van der Waals surface area contributed by atoms with Crippen molar-refractivity contribution >= 4 is 11.7 Å². The van der Waals surface area contributed by atoms with Gasteiger partial charge in [0.15, 0.2) is 0 Å². The Kier molecular flexibility index (Phi) is 13.0. The van der Waals surface area contributed by atoms with Crippen LogP contribution in [0.15, 0.2) is 0 Å². The summed E-state index contributed by atoms with van der Waals surface area (Å²) in [6.07, 6.45) is 7.28. The predicted octanol–water partition coefficient (Wildman–Crippen LogP) is 3.84. The van der Waals surface area contributed by atoms with Gasteiger partial charge in [-0.2, -0.15) is 0 Å². The van der Waals surface area contributed by atoms with Crippen LogP contribution in [-0.4, -0.2) is 30.3 Å². The van der Waals surface area contributed by atoms with Crippen LogP contribution in [0.2, 0.25) is 0 Å². The Bertz CT molecular complexity index is 327. The molecule has 136 valence electrons. The minimum atomic E-state index is -0.0354. The average Bonchev–Trinajstić information content (AvgIpc) is 2.48. The third kappa shape index (κ3) is 13.3. The van der Waals surface area contributed by atoms with Crippen molar-refractivity contribution in [3.05, 3.63) is 0 Å². The number of carbonyl (C=O) groups excluding carboxylic acids is 2. The smallest absolute Gasteiger partial charge is 0.219 e. The zero-order chi connectivity index (χ0) is 17.7. The molecule has 0 aliphatic heterocycles. The van der Waals surface area contributed by atoms with Crippen molar-refractivity contribution < 1.29 is 9.59 Å². The summed E-state index contributed by atoms with van der Waals surface area (Å²) in [5.41, 5.74) is 0. The van der Waals surface area contributed by atoms with Gasteiger partial charge < -0.3 is 10.6 Å². The topological polar surface area (TPSA) is 58.2 Å². The van der Waals surface area contributed by atoms with Gasteiger partial charge in [-0.05, 0) is 31.6 Å². The molecular formula is C19H38N2O2. The SMILES string of the molecule is CCC(=O)C(CCCCNC(=O)CCCCC(C)C)NC(C)C. The molecule has 4 nitrogen and oxygen atoms in total. The first-order valence-electron chi connectivity index (χ1n) is 9.42. The van der Waals surface area contributed by atoms with Gasteiger partial charge in [0, 0.05) is 25.4 Å². The summed E-state index contributed by atoms with van der Waals surface area (Å²) in [7, 11) is 0. The number of unbranched alkanes of at least 4 members (excludes halogenated alkanes) is 2. The van der Waals surface area contributed by atoms with Crippen LogP contribution in [0.4, 0.5) is 0 Å². The minimum absolute atomic E-state index is 0.0354. The van der Waals surface area contributed by atoms with Gasteiger partial charge in [-0.15, -0.1) is 0 Å². The van der Waals surface area contributed by atoms with Gasteiger partial charge in [-0.25, -0.2) is 0 Å². The van der Waals surface area contributed by atoms with Gasteiger partial charge in [0.2, 0.25) is 5.91 Å². The van der Waals surface area contributed by atoms with Gasteiger partial charge in [0.1, 0.15) is 5.78 Å². The van der Waals surface area contributed by atoms with Crippen molar-refractivity contribution in [3.63, 3.8) is 0 Å². The fourth-order valence-corrected chi connectivity index (χ4v) is 2.61. The molecule has 0 radical (unpaired) electrons. The van der Waals surface area contributed by atoms with Crippen LogP contribution in [0, 0.1) is 5.92 Å². The van der Waals surface area contributed by atoms with Gasteiger partial charge >= 0.3 is 0 Å². The summed E-state index contributed by atoms with van der Waals surface area (Å²) in [6, 6.07) is 0.285. The molecule has 0 aliphatic rings. The molecule has 1 unspecified atom stereocenters. The third-order valence-electron chi connectivity index (χ3n) is 3.95. The molecule has 0 heterocycles. The van der Waals surface area contributed by atoms with E-state index in [1.807, 2.05) is 6.92 Å². The predicted molar refractivity (Wildman–Crippen MR) is 97.5 cm³/mol. The second-order valence-electron chi connectivity index (χ2n) is 7.18. The number of hydrogen-bond acceptors (Lipinski definition) is 3. The number of Topliss-reactive ketones (excluding diaryl/α,β-unsaturated/α-hetero) is 1. The Morgan fingerprint density at radius 1 is 0.913 bits per heavy atom. The summed E-state index contributed by atoms with van der Waals surface area (Å²) < 4.78 is 0. The molecule has 2 N–H and O–H groups in total. The number of nitrogens with one attached hydrogen (secondary N) is 2. The van der Waals surface area contributed by atoms with Crippen LogP contribution < -0.4 is 10.6 Å². The number of ketones is 1. The number of rotatable bonds is 14. The van der Waals surface area contributed by atoms with E-state index in [1.54, 1.807) is 0 Å². The molecule has 1 amide bonds. The molecule has 0 fully saturated rings. The highest BCUT2D eigenvalue weighted by Gasteiger charge is 2.16. The Labute approximate surface area is 143 Å². The first kappa shape index (κ1) is 22.1. The Hall–Kier alpha value is -0.900. The average molecular weight is 327 g/mol. The van der Waals surface area contributed by atoms with Gasteiger partial charge in [-0.3, -0.25) is 9.59 Å². The Morgan fingerprint density at radius 2 is 1.57 bits per heavy atom. The highest BCUT2D eigenvalue weighted by atomic mass is 16.1. The van der Waals surface area contributed by atoms with E-state index in [0.717, 1.165) is 44.6 Å². The first-order chi connectivity index (χ1) is 10.9. The van der Waals surface area contributed by atoms with Crippen molar-refractivity contribution in [2.75, 3.05) is 6.54 Å². The lowest BCUT2D eigenvalue weighted by atomic mass is 10.0. The van der Waals surface area contributed by atoms with Crippen LogP contribution >= 0.6 is 0 Å². The molecule has 0 rings (SSSR count). The normalized spacial score (nSPS) is 12.7. The molecule has 0 aromatic carbocycles. The zero-order valence-electron chi connectivity index (χ0n) is 15.9. The van der Waals surface area contributed by atoms with E-state index >= 15 is 0 Å². The van der Waals surface area contributed by atoms with Gasteiger partial charge in [0.05, 0.1) is 6.04 Å². The van der Waals surface area contributed by atoms with E-state index in [0.29, 0.717) is 18.9 Å². The maximum Gasteiger partial charge on any atom is 0.219 e. The second kappa shape index (κ2) is 13.5. The summed E-state index contributed by atoms with van der Waals surface area (Å²) in [4.78, 5) is 23.6. The van der Waals surface area contributed by atoms with Crippen LogP contribution in [0.1, 0.15) is 86.0 Å². The van der Waals surface area contributed by atoms with E-state index in [2.05, 4.69) is 38.3 Å². The van der Waals surface area contributed by atoms with E-state index < -0.39 is 0 Å². The molecule has 0 aromatic rings. The second-order valence-corrected chi connectivity index (χ2v) is 7.18. The maximum atomic E-state index is 11.9. The summed E-state index contributed by atoms with van der Waals surface area (Å²) >= 11 is 0. The lowest BCUT2D eigenvalue weighted by Gasteiger charge is -2.19. The number of amides is 1. The molecule has 0 spiro atoms. The van der Waals surface area contributed by atoms with E-state index in [-0.39, 0.29) is 17.7 Å². The number of carbonyl (C=O) groups is 2. The fraction of sp³-hybridized carbons (Fsp3) is 0.895. The fourth-order valence-electron chi connectivity index (χ4n) is 2.61. The Morgan fingerprint density at radius 3 is 2.13 bits per heavy atom. The summed E-state index contributed by atoms with van der Waals surface area (Å²) in [5, 5.41) is 6.32. The summed E-state index contributed by atoms with van der Waals surface area (Å²) in [5.74, 6) is 1.17. The van der Waals surface area contributed by atoms with Crippen molar-refractivity contribution in [1.82, 2.24) is 10.6 Å². The highest BCUT2D eigenvalue weighted by molar-refractivity contribution is 5.83. The minimum Gasteiger partial charge on any atom is -0.356 e. The zero-order valence-corrected chi connectivity index (χ0v) is 15.9. The molecular weight excluding hydrogens is 288 g/mol. The van der Waals surface area contributed by atoms with Gasteiger partial charge in [-0.1, -0.05) is 47.5 Å². The van der Waals surface area contributed by atoms with Crippen molar-refractivity contribution in [3.8, 4) is 0 Å². The van der Waals surface area contributed by atoms with Gasteiger partial charge in [0.25, 0.3) is 0 Å². The lowest BCUT2D eigenvalue weighted by Crippen LogP contribution is -2.40. The van der Waals surface area contributed by atoms with E-state index in [4.69, 9.17) is 0 Å². The highest BCUT2D eigenvalue weighted by Crippen LogP contribution is 2.08. The van der Waals surface area contributed by atoms with Crippen LogP contribution in [0.25, 0.3) is 0 Å². The maximum absolute atomic E-state index is 11.9. The quantitative estimate of drug-likeness (QED) is 0.477. The van der Waals surface area contributed by atoms with E-state index in [1.165, 1.54) is 6.42 Å². The molecule has 0 aliphatic carbocycles. The summed E-state index contributed by atoms with van der Waals surface area (Å²) in [6.45, 7) is 11.2. The van der Waals surface area contributed by atoms with Crippen molar-refractivity contribution in [2.24, 2.45) is 5.92 Å². The van der Waals surface area contributed by atoms with Crippen LogP contribution in [0.3, 0.4) is 0 Å². The monoisotopic (exact) mass is 326 g/mol. The molecule has 4 heteroatoms. The Balaban J connectivity index is 3.72. The number of hydrogen-bond donors (Lipinski definition) is 2. The third-order valence-corrected chi connectivity index (χ3v) is 3.95. The molecule has 0 saturated carbocycles. The molecule has 0 bridgehead atoms. The van der Waals surface area contributed by atoms with Crippen molar-refractivity contribution in [2.45, 2.75) is 98.1 Å². The van der Waals surface area contributed by atoms with E-state index in [9.17, 15) is 9.59 Å². The molecule has 0 saturated heterocycles. The largest absolute Gasteiger partial charge is 0.356 e. The first-order valence-corrected chi connectivity index (χ1v) is 9.42.